The van der Waals surface area contributed by atoms with Crippen molar-refractivity contribution in [3.63, 3.8) is 0 Å². The van der Waals surface area contributed by atoms with Crippen molar-refractivity contribution in [1.82, 2.24) is 0 Å². The Balaban J connectivity index is 2.67. The molecule has 0 amide bonds. The molecule has 1 aromatic carbocycles. The zero-order chi connectivity index (χ0) is 10.6. The first kappa shape index (κ1) is 11.3. The van der Waals surface area contributed by atoms with Crippen LogP contribution in [-0.4, -0.2) is 31.7 Å². The quantitative estimate of drug-likeness (QED) is 0.643. The number of hydrogen-bond donors (Lipinski definition) is 0. The molecule has 0 aliphatic heterocycles. The van der Waals surface area contributed by atoms with Gasteiger partial charge < -0.3 is 4.48 Å². The summed E-state index contributed by atoms with van der Waals surface area (Å²) < 4.78 is 1.05. The molecule has 0 N–H and O–H groups in total. The van der Waals surface area contributed by atoms with E-state index in [0.717, 1.165) is 10.5 Å². The molecule has 0 aliphatic carbocycles. The minimum atomic E-state index is 0.720. The third kappa shape index (κ3) is 3.15. The van der Waals surface area contributed by atoms with E-state index in [1.807, 2.05) is 0 Å². The smallest absolute Gasteiger partial charge is 0.0922 e. The van der Waals surface area contributed by atoms with Crippen molar-refractivity contribution in [1.29, 1.82) is 0 Å². The Bertz CT molecular complexity index is 258. The summed E-state index contributed by atoms with van der Waals surface area (Å²) in [5.74, 6) is 0. The van der Waals surface area contributed by atoms with Crippen LogP contribution in [-0.2, 0) is 6.42 Å². The maximum atomic E-state index is 2.27. The average Bonchev–Trinajstić information content (AvgIpc) is 2.14. The molecule has 1 nitrogen and oxygen atoms in total. The molecule has 1 rings (SSSR count). The summed E-state index contributed by atoms with van der Waals surface area (Å²) >= 11 is 0. The SMILES string of the molecule is CCC(Cc1ccccc1)[N+](C)(C)C. The van der Waals surface area contributed by atoms with Gasteiger partial charge in [-0.15, -0.1) is 0 Å². The highest BCUT2D eigenvalue weighted by atomic mass is 15.3. The van der Waals surface area contributed by atoms with E-state index in [1.165, 1.54) is 18.4 Å². The number of quaternary nitrogens is 1. The molecule has 0 saturated heterocycles. The third-order valence-electron chi connectivity index (χ3n) is 2.88. The van der Waals surface area contributed by atoms with Gasteiger partial charge in [0.2, 0.25) is 0 Å². The van der Waals surface area contributed by atoms with E-state index in [-0.39, 0.29) is 0 Å². The molecule has 0 spiro atoms. The minimum Gasteiger partial charge on any atom is -0.328 e. The standard InChI is InChI=1S/C13H22N/c1-5-13(14(2,3)4)11-12-9-7-6-8-10-12/h6-10,13H,5,11H2,1-4H3/q+1. The van der Waals surface area contributed by atoms with Crippen LogP contribution in [0.5, 0.6) is 0 Å². The zero-order valence-corrected chi connectivity index (χ0v) is 9.83. The van der Waals surface area contributed by atoms with Crippen molar-refractivity contribution in [3.05, 3.63) is 35.9 Å². The van der Waals surface area contributed by atoms with Crippen molar-refractivity contribution >= 4 is 0 Å². The number of hydrogen-bond acceptors (Lipinski definition) is 0. The van der Waals surface area contributed by atoms with Crippen LogP contribution in [0.25, 0.3) is 0 Å². The lowest BCUT2D eigenvalue weighted by Gasteiger charge is -2.33. The van der Waals surface area contributed by atoms with Crippen LogP contribution >= 0.6 is 0 Å². The number of rotatable bonds is 4. The summed E-state index contributed by atoms with van der Waals surface area (Å²) in [5, 5.41) is 0. The molecule has 0 heterocycles. The topological polar surface area (TPSA) is 0 Å². The van der Waals surface area contributed by atoms with Gasteiger partial charge in [-0.1, -0.05) is 37.3 Å². The maximum absolute atomic E-state index is 2.27. The molecule has 1 atom stereocenters. The fourth-order valence-electron chi connectivity index (χ4n) is 1.85. The first-order valence-corrected chi connectivity index (χ1v) is 5.39. The highest BCUT2D eigenvalue weighted by Gasteiger charge is 2.21. The van der Waals surface area contributed by atoms with Crippen LogP contribution in [0.3, 0.4) is 0 Å². The van der Waals surface area contributed by atoms with E-state index in [2.05, 4.69) is 58.4 Å². The molecule has 0 saturated carbocycles. The Labute approximate surface area is 88.0 Å². The Morgan fingerprint density at radius 3 is 2.07 bits per heavy atom. The van der Waals surface area contributed by atoms with Crippen LogP contribution in [0.15, 0.2) is 30.3 Å². The van der Waals surface area contributed by atoms with Crippen LogP contribution in [0, 0.1) is 0 Å². The normalized spacial score (nSPS) is 14.0. The first-order valence-electron chi connectivity index (χ1n) is 5.39. The predicted octanol–water partition coefficient (Wildman–Crippen LogP) is 2.71. The van der Waals surface area contributed by atoms with Gasteiger partial charge in [0, 0.05) is 6.42 Å². The second-order valence-electron chi connectivity index (χ2n) is 4.87. The lowest BCUT2D eigenvalue weighted by Crippen LogP contribution is -2.45. The van der Waals surface area contributed by atoms with E-state index in [0.29, 0.717) is 0 Å². The van der Waals surface area contributed by atoms with Gasteiger partial charge in [-0.25, -0.2) is 0 Å². The van der Waals surface area contributed by atoms with Crippen LogP contribution in [0.1, 0.15) is 18.9 Å². The summed E-state index contributed by atoms with van der Waals surface area (Å²) in [5.41, 5.74) is 1.45. The fourth-order valence-corrected chi connectivity index (χ4v) is 1.85. The molecule has 78 valence electrons. The predicted molar refractivity (Wildman–Crippen MR) is 62.3 cm³/mol. The molecule has 1 unspecified atom stereocenters. The van der Waals surface area contributed by atoms with E-state index in [4.69, 9.17) is 0 Å². The van der Waals surface area contributed by atoms with Crippen molar-refractivity contribution < 1.29 is 4.48 Å². The molecule has 0 radical (unpaired) electrons. The van der Waals surface area contributed by atoms with Gasteiger partial charge >= 0.3 is 0 Å². The second-order valence-corrected chi connectivity index (χ2v) is 4.87. The first-order chi connectivity index (χ1) is 6.54. The molecule has 14 heavy (non-hydrogen) atoms. The molecule has 1 aromatic rings. The highest BCUT2D eigenvalue weighted by molar-refractivity contribution is 5.15. The van der Waals surface area contributed by atoms with E-state index in [1.54, 1.807) is 0 Å². The summed E-state index contributed by atoms with van der Waals surface area (Å²) in [6.45, 7) is 2.27. The molecular formula is C13H22N+. The van der Waals surface area contributed by atoms with Crippen LogP contribution in [0.4, 0.5) is 0 Å². The van der Waals surface area contributed by atoms with Gasteiger partial charge in [-0.3, -0.25) is 0 Å². The number of benzene rings is 1. The molecule has 1 heteroatoms. The highest BCUT2D eigenvalue weighted by Crippen LogP contribution is 2.13. The Hall–Kier alpha value is -0.820. The Kier molecular flexibility index (Phi) is 3.70. The van der Waals surface area contributed by atoms with E-state index in [9.17, 15) is 0 Å². The monoisotopic (exact) mass is 192 g/mol. The summed E-state index contributed by atoms with van der Waals surface area (Å²) in [6, 6.07) is 11.5. The molecular weight excluding hydrogens is 170 g/mol. The fraction of sp³-hybridized carbons (Fsp3) is 0.538. The van der Waals surface area contributed by atoms with Crippen molar-refractivity contribution in [2.24, 2.45) is 0 Å². The number of nitrogens with zero attached hydrogens (tertiary/aromatic N) is 1. The van der Waals surface area contributed by atoms with E-state index < -0.39 is 0 Å². The van der Waals surface area contributed by atoms with Gasteiger partial charge in [-0.05, 0) is 12.0 Å². The third-order valence-corrected chi connectivity index (χ3v) is 2.88. The van der Waals surface area contributed by atoms with Crippen LogP contribution < -0.4 is 0 Å². The molecule has 0 aliphatic rings. The van der Waals surface area contributed by atoms with E-state index >= 15 is 0 Å². The largest absolute Gasteiger partial charge is 0.328 e. The zero-order valence-electron chi connectivity index (χ0n) is 9.83. The van der Waals surface area contributed by atoms with Crippen molar-refractivity contribution in [2.45, 2.75) is 25.8 Å². The second kappa shape index (κ2) is 4.61. The maximum Gasteiger partial charge on any atom is 0.0922 e. The lowest BCUT2D eigenvalue weighted by molar-refractivity contribution is -0.896. The molecule has 0 fully saturated rings. The minimum absolute atomic E-state index is 0.720. The van der Waals surface area contributed by atoms with Gasteiger partial charge in [0.25, 0.3) is 0 Å². The summed E-state index contributed by atoms with van der Waals surface area (Å²) in [4.78, 5) is 0. The lowest BCUT2D eigenvalue weighted by atomic mass is 10.0. The number of likely N-dealkylation sites (N-methyl/N-ethyl adjacent to an activating group) is 1. The van der Waals surface area contributed by atoms with Gasteiger partial charge in [-0.2, -0.15) is 0 Å². The van der Waals surface area contributed by atoms with Crippen molar-refractivity contribution in [2.75, 3.05) is 21.1 Å². The molecule has 0 bridgehead atoms. The van der Waals surface area contributed by atoms with Crippen LogP contribution in [0.2, 0.25) is 0 Å². The van der Waals surface area contributed by atoms with Crippen molar-refractivity contribution in [3.8, 4) is 0 Å². The van der Waals surface area contributed by atoms with Gasteiger partial charge in [0.05, 0.1) is 27.2 Å². The Morgan fingerprint density at radius 1 is 1.07 bits per heavy atom. The van der Waals surface area contributed by atoms with Gasteiger partial charge in [0.15, 0.2) is 0 Å². The van der Waals surface area contributed by atoms with Gasteiger partial charge in [0.1, 0.15) is 0 Å². The average molecular weight is 192 g/mol. The Morgan fingerprint density at radius 2 is 1.64 bits per heavy atom. The summed E-state index contributed by atoms with van der Waals surface area (Å²) in [7, 11) is 6.82. The molecule has 0 aromatic heterocycles. The summed E-state index contributed by atoms with van der Waals surface area (Å²) in [6.07, 6.45) is 2.42.